The van der Waals surface area contributed by atoms with Crippen molar-refractivity contribution in [2.24, 2.45) is 0 Å². The molecular formula is C17H22ClNO3. The SMILES string of the molecule is O=C(Cc1ccc(Cl)cc1)NCC1COC2(CCCCC2)O1. The van der Waals surface area contributed by atoms with E-state index in [1.807, 2.05) is 12.1 Å². The largest absolute Gasteiger partial charge is 0.353 e. The van der Waals surface area contributed by atoms with Crippen molar-refractivity contribution in [1.82, 2.24) is 5.32 Å². The molecule has 0 radical (unpaired) electrons. The van der Waals surface area contributed by atoms with E-state index in [2.05, 4.69) is 5.32 Å². The quantitative estimate of drug-likeness (QED) is 0.926. The number of rotatable bonds is 4. The number of benzene rings is 1. The molecule has 1 atom stereocenters. The maximum absolute atomic E-state index is 12.0. The van der Waals surface area contributed by atoms with Gasteiger partial charge in [0.05, 0.1) is 13.0 Å². The average molecular weight is 324 g/mol. The highest BCUT2D eigenvalue weighted by Gasteiger charge is 2.42. The molecule has 1 unspecified atom stereocenters. The van der Waals surface area contributed by atoms with Gasteiger partial charge < -0.3 is 14.8 Å². The van der Waals surface area contributed by atoms with Crippen molar-refractivity contribution < 1.29 is 14.3 Å². The van der Waals surface area contributed by atoms with Crippen LogP contribution in [-0.4, -0.2) is 30.9 Å². The third kappa shape index (κ3) is 4.00. The fourth-order valence-electron chi connectivity index (χ4n) is 3.15. The number of halogens is 1. The number of carbonyl (C=O) groups is 1. The maximum Gasteiger partial charge on any atom is 0.224 e. The van der Waals surface area contributed by atoms with Crippen LogP contribution in [0.4, 0.5) is 0 Å². The van der Waals surface area contributed by atoms with E-state index in [9.17, 15) is 4.79 Å². The van der Waals surface area contributed by atoms with E-state index in [0.29, 0.717) is 24.6 Å². The molecule has 1 N–H and O–H groups in total. The Morgan fingerprint density at radius 2 is 1.95 bits per heavy atom. The van der Waals surface area contributed by atoms with Gasteiger partial charge in [0.2, 0.25) is 5.91 Å². The highest BCUT2D eigenvalue weighted by Crippen LogP contribution is 2.37. The van der Waals surface area contributed by atoms with E-state index >= 15 is 0 Å². The highest BCUT2D eigenvalue weighted by molar-refractivity contribution is 6.30. The standard InChI is InChI=1S/C17H22ClNO3/c18-14-6-4-13(5-7-14)10-16(20)19-11-15-12-21-17(22-15)8-2-1-3-9-17/h4-7,15H,1-3,8-12H2,(H,19,20). The lowest BCUT2D eigenvalue weighted by Crippen LogP contribution is -2.37. The molecule has 1 saturated heterocycles. The Kier molecular flexibility index (Phi) is 5.01. The second-order valence-corrected chi connectivity index (χ2v) is 6.57. The molecule has 3 rings (SSSR count). The van der Waals surface area contributed by atoms with Crippen LogP contribution in [0.25, 0.3) is 0 Å². The lowest BCUT2D eigenvalue weighted by atomic mass is 9.94. The summed E-state index contributed by atoms with van der Waals surface area (Å²) in [7, 11) is 0. The van der Waals surface area contributed by atoms with Gasteiger partial charge in [0.15, 0.2) is 5.79 Å². The van der Waals surface area contributed by atoms with Crippen molar-refractivity contribution in [2.45, 2.75) is 50.4 Å². The van der Waals surface area contributed by atoms with Crippen LogP contribution in [0, 0.1) is 0 Å². The van der Waals surface area contributed by atoms with Crippen molar-refractivity contribution in [3.05, 3.63) is 34.9 Å². The lowest BCUT2D eigenvalue weighted by molar-refractivity contribution is -0.186. The average Bonchev–Trinajstić information content (AvgIpc) is 2.91. The van der Waals surface area contributed by atoms with Gasteiger partial charge in [-0.15, -0.1) is 0 Å². The lowest BCUT2D eigenvalue weighted by Gasteiger charge is -2.31. The Morgan fingerprint density at radius 3 is 2.68 bits per heavy atom. The minimum atomic E-state index is -0.371. The van der Waals surface area contributed by atoms with Crippen LogP contribution in [0.2, 0.25) is 5.02 Å². The predicted octanol–water partition coefficient (Wildman–Crippen LogP) is 3.07. The Labute approximate surface area is 136 Å². The zero-order valence-corrected chi connectivity index (χ0v) is 13.4. The Morgan fingerprint density at radius 1 is 1.23 bits per heavy atom. The molecule has 1 aliphatic carbocycles. The first-order valence-electron chi connectivity index (χ1n) is 7.98. The summed E-state index contributed by atoms with van der Waals surface area (Å²) in [6.45, 7) is 1.08. The summed E-state index contributed by atoms with van der Waals surface area (Å²) in [6.07, 6.45) is 5.86. The van der Waals surface area contributed by atoms with Crippen LogP contribution in [0.1, 0.15) is 37.7 Å². The number of hydrogen-bond donors (Lipinski definition) is 1. The van der Waals surface area contributed by atoms with Gasteiger partial charge >= 0.3 is 0 Å². The monoisotopic (exact) mass is 323 g/mol. The van der Waals surface area contributed by atoms with Gasteiger partial charge in [-0.1, -0.05) is 30.2 Å². The van der Waals surface area contributed by atoms with Gasteiger partial charge in [-0.25, -0.2) is 0 Å². The Balaban J connectivity index is 1.43. The third-order valence-electron chi connectivity index (χ3n) is 4.33. The molecule has 120 valence electrons. The van der Waals surface area contributed by atoms with E-state index in [1.54, 1.807) is 12.1 Å². The Bertz CT molecular complexity index is 511. The van der Waals surface area contributed by atoms with E-state index < -0.39 is 0 Å². The normalized spacial score (nSPS) is 23.6. The van der Waals surface area contributed by atoms with Crippen LogP contribution in [0.5, 0.6) is 0 Å². The first-order valence-corrected chi connectivity index (χ1v) is 8.36. The molecule has 1 spiro atoms. The molecule has 2 fully saturated rings. The van der Waals surface area contributed by atoms with Gasteiger partial charge in [-0.05, 0) is 30.5 Å². The number of hydrogen-bond acceptors (Lipinski definition) is 3. The molecular weight excluding hydrogens is 302 g/mol. The smallest absolute Gasteiger partial charge is 0.224 e. The Hall–Kier alpha value is -1.10. The van der Waals surface area contributed by atoms with Crippen LogP contribution in [0.15, 0.2) is 24.3 Å². The molecule has 4 nitrogen and oxygen atoms in total. The van der Waals surface area contributed by atoms with E-state index in [0.717, 1.165) is 31.2 Å². The molecule has 2 aliphatic rings. The second-order valence-electron chi connectivity index (χ2n) is 6.13. The summed E-state index contributed by atoms with van der Waals surface area (Å²) < 4.78 is 11.9. The summed E-state index contributed by atoms with van der Waals surface area (Å²) in [5.41, 5.74) is 0.953. The molecule has 1 aromatic carbocycles. The van der Waals surface area contributed by atoms with E-state index in [4.69, 9.17) is 21.1 Å². The first kappa shape index (κ1) is 15.8. The molecule has 1 heterocycles. The molecule has 5 heteroatoms. The van der Waals surface area contributed by atoms with Crippen molar-refractivity contribution >= 4 is 17.5 Å². The van der Waals surface area contributed by atoms with Crippen LogP contribution in [-0.2, 0) is 20.7 Å². The highest BCUT2D eigenvalue weighted by atomic mass is 35.5. The van der Waals surface area contributed by atoms with Crippen molar-refractivity contribution in [3.8, 4) is 0 Å². The summed E-state index contributed by atoms with van der Waals surface area (Å²) >= 11 is 5.84. The minimum absolute atomic E-state index is 0.00415. The van der Waals surface area contributed by atoms with Gasteiger partial charge in [0.1, 0.15) is 6.10 Å². The number of carbonyl (C=O) groups excluding carboxylic acids is 1. The van der Waals surface area contributed by atoms with Crippen LogP contribution >= 0.6 is 11.6 Å². The van der Waals surface area contributed by atoms with Gasteiger partial charge in [0, 0.05) is 24.4 Å². The number of nitrogens with one attached hydrogen (secondary N) is 1. The molecule has 1 saturated carbocycles. The maximum atomic E-state index is 12.0. The van der Waals surface area contributed by atoms with Crippen molar-refractivity contribution in [1.29, 1.82) is 0 Å². The topological polar surface area (TPSA) is 47.6 Å². The van der Waals surface area contributed by atoms with Gasteiger partial charge in [0.25, 0.3) is 0 Å². The summed E-state index contributed by atoms with van der Waals surface area (Å²) in [5.74, 6) is -0.375. The minimum Gasteiger partial charge on any atom is -0.353 e. The molecule has 1 aromatic rings. The van der Waals surface area contributed by atoms with Crippen LogP contribution in [0.3, 0.4) is 0 Å². The molecule has 1 amide bonds. The van der Waals surface area contributed by atoms with Crippen molar-refractivity contribution in [2.75, 3.05) is 13.2 Å². The fraction of sp³-hybridized carbons (Fsp3) is 0.588. The fourth-order valence-corrected chi connectivity index (χ4v) is 3.27. The van der Waals surface area contributed by atoms with E-state index in [-0.39, 0.29) is 17.8 Å². The summed E-state index contributed by atoms with van der Waals surface area (Å²) in [5, 5.41) is 3.61. The molecule has 22 heavy (non-hydrogen) atoms. The predicted molar refractivity (Wildman–Crippen MR) is 84.8 cm³/mol. The van der Waals surface area contributed by atoms with Crippen molar-refractivity contribution in [3.63, 3.8) is 0 Å². The molecule has 0 bridgehead atoms. The third-order valence-corrected chi connectivity index (χ3v) is 4.59. The molecule has 0 aromatic heterocycles. The van der Waals surface area contributed by atoms with Gasteiger partial charge in [-0.2, -0.15) is 0 Å². The van der Waals surface area contributed by atoms with Crippen LogP contribution < -0.4 is 5.32 Å². The summed E-state index contributed by atoms with van der Waals surface area (Å²) in [4.78, 5) is 12.0. The zero-order valence-electron chi connectivity index (χ0n) is 12.6. The number of ether oxygens (including phenoxy) is 2. The first-order chi connectivity index (χ1) is 10.7. The van der Waals surface area contributed by atoms with Gasteiger partial charge in [-0.3, -0.25) is 4.79 Å². The van der Waals surface area contributed by atoms with E-state index in [1.165, 1.54) is 6.42 Å². The zero-order chi connectivity index (χ0) is 15.4. The molecule has 1 aliphatic heterocycles. The number of amides is 1. The second kappa shape index (κ2) is 6.99. The summed E-state index contributed by atoms with van der Waals surface area (Å²) in [6, 6.07) is 7.33.